The second kappa shape index (κ2) is 7.94. The van der Waals surface area contributed by atoms with Crippen LogP contribution < -0.4 is 5.32 Å². The van der Waals surface area contributed by atoms with Crippen molar-refractivity contribution in [2.45, 2.75) is 50.2 Å². The van der Waals surface area contributed by atoms with Crippen molar-refractivity contribution in [2.24, 2.45) is 10.9 Å². The van der Waals surface area contributed by atoms with Gasteiger partial charge in [-0.05, 0) is 72.5 Å². The molecule has 1 saturated carbocycles. The van der Waals surface area contributed by atoms with Crippen LogP contribution in [0.2, 0.25) is 0 Å². The molecule has 0 spiro atoms. The molecule has 3 atom stereocenters. The minimum absolute atomic E-state index is 0.0172. The van der Waals surface area contributed by atoms with Gasteiger partial charge in [0.1, 0.15) is 11.9 Å². The van der Waals surface area contributed by atoms with E-state index in [9.17, 15) is 4.39 Å². The number of amidine groups is 1. The van der Waals surface area contributed by atoms with Gasteiger partial charge in [-0.1, -0.05) is 36.8 Å². The van der Waals surface area contributed by atoms with E-state index >= 15 is 0 Å². The molecule has 2 aromatic rings. The Morgan fingerprint density at radius 3 is 2.61 bits per heavy atom. The number of aliphatic imine (C=N–C) groups is 1. The lowest BCUT2D eigenvalue weighted by Gasteiger charge is -2.40. The molecule has 0 aromatic heterocycles. The van der Waals surface area contributed by atoms with Crippen molar-refractivity contribution >= 4 is 6.02 Å². The van der Waals surface area contributed by atoms with Crippen LogP contribution >= 0.6 is 0 Å². The highest BCUT2D eigenvalue weighted by molar-refractivity contribution is 5.77. The highest BCUT2D eigenvalue weighted by atomic mass is 19.1. The molecule has 0 radical (unpaired) electrons. The number of ether oxygens (including phenoxy) is 1. The van der Waals surface area contributed by atoms with E-state index in [1.807, 2.05) is 12.1 Å². The average Bonchev–Trinajstić information content (AvgIpc) is 3.45. The van der Waals surface area contributed by atoms with Crippen LogP contribution in [0.15, 0.2) is 47.5 Å². The summed E-state index contributed by atoms with van der Waals surface area (Å²) < 4.78 is 20.2. The SMILES string of the molecule is Fc1ccc([C@H]2c3cccc(C4CCC4)c3CCN2C2=NC[C@@H]([C@@H]3CCNC3)O2)cc1. The largest absolute Gasteiger partial charge is 0.460 e. The Bertz CT molecular complexity index is 979. The zero-order valence-electron chi connectivity index (χ0n) is 17.9. The maximum Gasteiger partial charge on any atom is 0.288 e. The number of benzene rings is 2. The number of rotatable bonds is 3. The number of hydrogen-bond acceptors (Lipinski definition) is 4. The second-order valence-electron chi connectivity index (χ2n) is 9.47. The van der Waals surface area contributed by atoms with Gasteiger partial charge >= 0.3 is 0 Å². The maximum absolute atomic E-state index is 13.7. The minimum atomic E-state index is -0.196. The van der Waals surface area contributed by atoms with Gasteiger partial charge in [0.15, 0.2) is 0 Å². The first kappa shape index (κ1) is 19.3. The molecule has 1 saturated heterocycles. The molecule has 1 aliphatic carbocycles. The van der Waals surface area contributed by atoms with Crippen molar-refractivity contribution in [2.75, 3.05) is 26.2 Å². The molecule has 31 heavy (non-hydrogen) atoms. The van der Waals surface area contributed by atoms with Crippen LogP contribution in [0.25, 0.3) is 0 Å². The molecule has 0 bridgehead atoms. The van der Waals surface area contributed by atoms with Crippen LogP contribution in [0.4, 0.5) is 4.39 Å². The summed E-state index contributed by atoms with van der Waals surface area (Å²) in [5.74, 6) is 1.04. The number of nitrogens with one attached hydrogen (secondary N) is 1. The molecule has 0 amide bonds. The fourth-order valence-electron chi connectivity index (χ4n) is 5.79. The van der Waals surface area contributed by atoms with E-state index in [2.05, 4.69) is 28.4 Å². The van der Waals surface area contributed by atoms with Gasteiger partial charge < -0.3 is 15.0 Å². The van der Waals surface area contributed by atoms with Crippen molar-refractivity contribution in [3.63, 3.8) is 0 Å². The minimum Gasteiger partial charge on any atom is -0.460 e. The number of fused-ring (bicyclic) bond motifs is 1. The Morgan fingerprint density at radius 1 is 1.03 bits per heavy atom. The Morgan fingerprint density at radius 2 is 1.87 bits per heavy atom. The molecular formula is C26H30FN3O. The molecule has 5 heteroatoms. The van der Waals surface area contributed by atoms with Crippen molar-refractivity contribution in [3.8, 4) is 0 Å². The molecule has 1 N–H and O–H groups in total. The predicted molar refractivity (Wildman–Crippen MR) is 120 cm³/mol. The van der Waals surface area contributed by atoms with Crippen LogP contribution in [0.1, 0.15) is 59.9 Å². The van der Waals surface area contributed by atoms with Gasteiger partial charge in [-0.2, -0.15) is 0 Å². The molecule has 162 valence electrons. The molecule has 3 aliphatic heterocycles. The van der Waals surface area contributed by atoms with E-state index in [-0.39, 0.29) is 18.0 Å². The van der Waals surface area contributed by atoms with Crippen LogP contribution in [0.5, 0.6) is 0 Å². The molecule has 2 aromatic carbocycles. The maximum atomic E-state index is 13.7. The molecule has 6 rings (SSSR count). The lowest BCUT2D eigenvalue weighted by molar-refractivity contribution is 0.126. The lowest BCUT2D eigenvalue weighted by Crippen LogP contribution is -2.42. The summed E-state index contributed by atoms with van der Waals surface area (Å²) in [6, 6.07) is 14.6. The van der Waals surface area contributed by atoms with E-state index in [1.54, 1.807) is 12.1 Å². The standard InChI is InChI=1S/C26H30FN3O/c27-20-9-7-18(8-10-20)25-23-6-2-5-21(17-3-1-4-17)22(23)12-14-30(25)26-29-16-24(31-26)19-11-13-28-15-19/h2,5-10,17,19,24-25,28H,1,3-4,11-16H2/t19-,24+,25+/m1/s1. The lowest BCUT2D eigenvalue weighted by atomic mass is 9.75. The Balaban J connectivity index is 1.36. The third-order valence-corrected chi connectivity index (χ3v) is 7.72. The first-order chi connectivity index (χ1) is 15.3. The van der Waals surface area contributed by atoms with Crippen molar-refractivity contribution in [1.29, 1.82) is 0 Å². The van der Waals surface area contributed by atoms with Gasteiger partial charge in [0.2, 0.25) is 0 Å². The average molecular weight is 420 g/mol. The van der Waals surface area contributed by atoms with Gasteiger partial charge in [0.25, 0.3) is 6.02 Å². The third kappa shape index (κ3) is 3.43. The monoisotopic (exact) mass is 419 g/mol. The van der Waals surface area contributed by atoms with E-state index in [1.165, 1.54) is 36.0 Å². The van der Waals surface area contributed by atoms with Crippen molar-refractivity contribution in [1.82, 2.24) is 10.2 Å². The zero-order chi connectivity index (χ0) is 20.8. The highest BCUT2D eigenvalue weighted by Crippen LogP contribution is 2.44. The molecule has 4 aliphatic rings. The van der Waals surface area contributed by atoms with Gasteiger partial charge in [-0.25, -0.2) is 9.38 Å². The summed E-state index contributed by atoms with van der Waals surface area (Å²) in [5.41, 5.74) is 5.46. The quantitative estimate of drug-likeness (QED) is 0.801. The zero-order valence-corrected chi connectivity index (χ0v) is 17.9. The van der Waals surface area contributed by atoms with Crippen LogP contribution in [0, 0.1) is 11.7 Å². The second-order valence-corrected chi connectivity index (χ2v) is 9.47. The number of nitrogens with zero attached hydrogens (tertiary/aromatic N) is 2. The number of halogens is 1. The summed E-state index contributed by atoms with van der Waals surface area (Å²) in [6.45, 7) is 3.71. The van der Waals surface area contributed by atoms with Gasteiger partial charge in [-0.3, -0.25) is 0 Å². The Hall–Kier alpha value is -2.40. The fraction of sp³-hybridized carbons (Fsp3) is 0.500. The summed E-state index contributed by atoms with van der Waals surface area (Å²) in [5, 5.41) is 3.44. The normalized spacial score (nSPS) is 28.1. The first-order valence-corrected chi connectivity index (χ1v) is 11.8. The fourth-order valence-corrected chi connectivity index (χ4v) is 5.79. The molecule has 3 heterocycles. The van der Waals surface area contributed by atoms with E-state index < -0.39 is 0 Å². The van der Waals surface area contributed by atoms with Gasteiger partial charge in [0.05, 0.1) is 12.6 Å². The van der Waals surface area contributed by atoms with Crippen molar-refractivity contribution in [3.05, 3.63) is 70.5 Å². The highest BCUT2D eigenvalue weighted by Gasteiger charge is 2.39. The third-order valence-electron chi connectivity index (χ3n) is 7.72. The Labute approximate surface area is 183 Å². The van der Waals surface area contributed by atoms with E-state index in [0.29, 0.717) is 11.8 Å². The van der Waals surface area contributed by atoms with Gasteiger partial charge in [0, 0.05) is 19.0 Å². The topological polar surface area (TPSA) is 36.9 Å². The summed E-state index contributed by atoms with van der Waals surface area (Å²) in [7, 11) is 0. The predicted octanol–water partition coefficient (Wildman–Crippen LogP) is 4.41. The van der Waals surface area contributed by atoms with Crippen molar-refractivity contribution < 1.29 is 9.13 Å². The summed E-state index contributed by atoms with van der Waals surface area (Å²) in [4.78, 5) is 7.18. The Kier molecular flexibility index (Phi) is 4.94. The van der Waals surface area contributed by atoms with Gasteiger partial charge in [-0.15, -0.1) is 0 Å². The van der Waals surface area contributed by atoms with Crippen LogP contribution in [-0.2, 0) is 11.2 Å². The van der Waals surface area contributed by atoms with Crippen LogP contribution in [0.3, 0.4) is 0 Å². The molecule has 4 nitrogen and oxygen atoms in total. The smallest absolute Gasteiger partial charge is 0.288 e. The van der Waals surface area contributed by atoms with E-state index in [0.717, 1.165) is 50.6 Å². The summed E-state index contributed by atoms with van der Waals surface area (Å²) >= 11 is 0. The molecular weight excluding hydrogens is 389 g/mol. The summed E-state index contributed by atoms with van der Waals surface area (Å²) in [6.07, 6.45) is 6.27. The van der Waals surface area contributed by atoms with E-state index in [4.69, 9.17) is 9.73 Å². The molecule has 0 unspecified atom stereocenters. The first-order valence-electron chi connectivity index (χ1n) is 11.8. The number of hydrogen-bond donors (Lipinski definition) is 1. The van der Waals surface area contributed by atoms with Crippen LogP contribution in [-0.4, -0.2) is 43.2 Å². The molecule has 2 fully saturated rings.